The molecule has 4 heteroatoms. The van der Waals surface area contributed by atoms with Crippen LogP contribution in [-0.2, 0) is 10.2 Å². The van der Waals surface area contributed by atoms with Crippen LogP contribution in [0.3, 0.4) is 0 Å². The number of carbonyl (C=O) groups is 1. The molecule has 0 aliphatic heterocycles. The fraction of sp³-hybridized carbons (Fsp3) is 0.545. The first-order valence-electron chi connectivity index (χ1n) is 5.14. The quantitative estimate of drug-likeness (QED) is 0.862. The van der Waals surface area contributed by atoms with Crippen LogP contribution in [0.1, 0.15) is 37.0 Å². The molecule has 15 heavy (non-hydrogen) atoms. The molecule has 1 aliphatic carbocycles. The van der Waals surface area contributed by atoms with Gasteiger partial charge in [-0.1, -0.05) is 30.9 Å². The van der Waals surface area contributed by atoms with Gasteiger partial charge in [0.05, 0.1) is 5.02 Å². The molecular formula is C11H13ClO2S. The van der Waals surface area contributed by atoms with Gasteiger partial charge in [-0.05, 0) is 24.3 Å². The fourth-order valence-electron chi connectivity index (χ4n) is 2.33. The Labute approximate surface area is 97.9 Å². The maximum atomic E-state index is 11.5. The van der Waals surface area contributed by atoms with Crippen LogP contribution in [-0.4, -0.2) is 11.1 Å². The summed E-state index contributed by atoms with van der Waals surface area (Å²) in [5.41, 5.74) is -0.705. The van der Waals surface area contributed by atoms with Crippen molar-refractivity contribution in [1.82, 2.24) is 0 Å². The van der Waals surface area contributed by atoms with Gasteiger partial charge in [-0.15, -0.1) is 11.3 Å². The summed E-state index contributed by atoms with van der Waals surface area (Å²) in [5.74, 6) is -0.716. The average molecular weight is 245 g/mol. The lowest BCUT2D eigenvalue weighted by Crippen LogP contribution is -2.37. The molecule has 1 fully saturated rings. The minimum Gasteiger partial charge on any atom is -0.481 e. The molecule has 0 bridgehead atoms. The van der Waals surface area contributed by atoms with E-state index in [1.165, 1.54) is 11.3 Å². The molecule has 2 rings (SSSR count). The minimum absolute atomic E-state index is 0.615. The molecule has 0 spiro atoms. The van der Waals surface area contributed by atoms with Gasteiger partial charge in [0.2, 0.25) is 0 Å². The Bertz CT molecular complexity index is 366. The van der Waals surface area contributed by atoms with Crippen LogP contribution < -0.4 is 0 Å². The van der Waals surface area contributed by atoms with Gasteiger partial charge in [0.15, 0.2) is 0 Å². The highest BCUT2D eigenvalue weighted by Crippen LogP contribution is 2.44. The van der Waals surface area contributed by atoms with E-state index in [0.717, 1.165) is 37.0 Å². The molecular weight excluding hydrogens is 232 g/mol. The van der Waals surface area contributed by atoms with E-state index in [-0.39, 0.29) is 0 Å². The van der Waals surface area contributed by atoms with Crippen molar-refractivity contribution in [2.75, 3.05) is 0 Å². The lowest BCUT2D eigenvalue weighted by Gasteiger charge is -2.32. The number of carboxylic acid groups (broad SMARTS) is 1. The highest BCUT2D eigenvalue weighted by atomic mass is 35.5. The molecule has 0 amide bonds. The van der Waals surface area contributed by atoms with E-state index in [1.807, 2.05) is 5.38 Å². The van der Waals surface area contributed by atoms with Crippen molar-refractivity contribution in [2.24, 2.45) is 0 Å². The highest BCUT2D eigenvalue weighted by molar-refractivity contribution is 7.10. The summed E-state index contributed by atoms with van der Waals surface area (Å²) in [6, 6.07) is 1.79. The number of aliphatic carboxylic acids is 1. The van der Waals surface area contributed by atoms with E-state index in [9.17, 15) is 9.90 Å². The molecule has 1 aliphatic rings. The number of halogens is 1. The summed E-state index contributed by atoms with van der Waals surface area (Å²) < 4.78 is 0. The van der Waals surface area contributed by atoms with Crippen molar-refractivity contribution in [3.8, 4) is 0 Å². The predicted molar refractivity (Wildman–Crippen MR) is 61.7 cm³/mol. The highest BCUT2D eigenvalue weighted by Gasteiger charge is 2.43. The Balaban J connectivity index is 2.42. The third-order valence-corrected chi connectivity index (χ3v) is 4.71. The van der Waals surface area contributed by atoms with Crippen molar-refractivity contribution in [1.29, 1.82) is 0 Å². The SMILES string of the molecule is O=C(O)C1(c2sccc2Cl)CCCCC1. The summed E-state index contributed by atoms with van der Waals surface area (Å²) in [5, 5.41) is 11.9. The molecule has 1 aromatic rings. The van der Waals surface area contributed by atoms with Gasteiger partial charge >= 0.3 is 5.97 Å². The molecule has 2 nitrogen and oxygen atoms in total. The van der Waals surface area contributed by atoms with Crippen LogP contribution in [0.25, 0.3) is 0 Å². The first-order chi connectivity index (χ1) is 7.17. The molecule has 1 aromatic heterocycles. The van der Waals surface area contributed by atoms with Gasteiger partial charge in [0.25, 0.3) is 0 Å². The zero-order valence-corrected chi connectivity index (χ0v) is 9.90. The maximum Gasteiger partial charge on any atom is 0.315 e. The monoisotopic (exact) mass is 244 g/mol. The lowest BCUT2D eigenvalue weighted by molar-refractivity contribution is -0.145. The molecule has 0 radical (unpaired) electrons. The lowest BCUT2D eigenvalue weighted by atomic mass is 9.73. The summed E-state index contributed by atoms with van der Waals surface area (Å²) >= 11 is 7.52. The van der Waals surface area contributed by atoms with Crippen molar-refractivity contribution in [2.45, 2.75) is 37.5 Å². The van der Waals surface area contributed by atoms with Crippen LogP contribution in [0.5, 0.6) is 0 Å². The van der Waals surface area contributed by atoms with Crippen LogP contribution >= 0.6 is 22.9 Å². The number of hydrogen-bond donors (Lipinski definition) is 1. The maximum absolute atomic E-state index is 11.5. The van der Waals surface area contributed by atoms with Crippen LogP contribution in [0.2, 0.25) is 5.02 Å². The molecule has 1 N–H and O–H groups in total. The van der Waals surface area contributed by atoms with Crippen LogP contribution in [0.15, 0.2) is 11.4 Å². The Morgan fingerprint density at radius 1 is 1.40 bits per heavy atom. The Morgan fingerprint density at radius 3 is 2.53 bits per heavy atom. The Kier molecular flexibility index (Phi) is 3.03. The minimum atomic E-state index is -0.716. The first-order valence-corrected chi connectivity index (χ1v) is 6.39. The van der Waals surface area contributed by atoms with E-state index in [2.05, 4.69) is 0 Å². The molecule has 1 heterocycles. The summed E-state index contributed by atoms with van der Waals surface area (Å²) in [6.07, 6.45) is 4.56. The van der Waals surface area contributed by atoms with Crippen molar-refractivity contribution < 1.29 is 9.90 Å². The van der Waals surface area contributed by atoms with Gasteiger partial charge in [0, 0.05) is 4.88 Å². The predicted octanol–water partition coefficient (Wildman–Crippen LogP) is 3.69. The van der Waals surface area contributed by atoms with E-state index >= 15 is 0 Å². The topological polar surface area (TPSA) is 37.3 Å². The van der Waals surface area contributed by atoms with Gasteiger partial charge < -0.3 is 5.11 Å². The van der Waals surface area contributed by atoms with E-state index in [4.69, 9.17) is 11.6 Å². The van der Waals surface area contributed by atoms with Crippen molar-refractivity contribution in [3.05, 3.63) is 21.3 Å². The first kappa shape index (κ1) is 11.0. The second kappa shape index (κ2) is 4.14. The third-order valence-electron chi connectivity index (χ3n) is 3.17. The smallest absolute Gasteiger partial charge is 0.315 e. The number of rotatable bonds is 2. The molecule has 0 aromatic carbocycles. The Morgan fingerprint density at radius 2 is 2.07 bits per heavy atom. The Hall–Kier alpha value is -0.540. The number of hydrogen-bond acceptors (Lipinski definition) is 2. The largest absolute Gasteiger partial charge is 0.481 e. The number of carboxylic acids is 1. The standard InChI is InChI=1S/C11H13ClO2S/c12-8-4-7-15-9(8)11(10(13)14)5-2-1-3-6-11/h4,7H,1-3,5-6H2,(H,13,14). The van der Waals surface area contributed by atoms with Gasteiger partial charge in [-0.3, -0.25) is 4.79 Å². The van der Waals surface area contributed by atoms with E-state index < -0.39 is 11.4 Å². The molecule has 82 valence electrons. The normalized spacial score (nSPS) is 20.1. The van der Waals surface area contributed by atoms with Crippen LogP contribution in [0.4, 0.5) is 0 Å². The summed E-state index contributed by atoms with van der Waals surface area (Å²) in [4.78, 5) is 12.3. The van der Waals surface area contributed by atoms with Gasteiger partial charge in [0.1, 0.15) is 5.41 Å². The van der Waals surface area contributed by atoms with E-state index in [0.29, 0.717) is 5.02 Å². The van der Waals surface area contributed by atoms with Gasteiger partial charge in [-0.2, -0.15) is 0 Å². The molecule has 0 atom stereocenters. The number of thiophene rings is 1. The molecule has 1 saturated carbocycles. The van der Waals surface area contributed by atoms with Crippen molar-refractivity contribution >= 4 is 28.9 Å². The average Bonchev–Trinajstić information content (AvgIpc) is 2.66. The fourth-order valence-corrected chi connectivity index (χ4v) is 3.82. The third kappa shape index (κ3) is 1.79. The summed E-state index contributed by atoms with van der Waals surface area (Å²) in [6.45, 7) is 0. The summed E-state index contributed by atoms with van der Waals surface area (Å²) in [7, 11) is 0. The second-order valence-electron chi connectivity index (χ2n) is 4.05. The van der Waals surface area contributed by atoms with E-state index in [1.54, 1.807) is 6.07 Å². The zero-order chi connectivity index (χ0) is 10.9. The molecule has 0 saturated heterocycles. The second-order valence-corrected chi connectivity index (χ2v) is 5.37. The van der Waals surface area contributed by atoms with Crippen LogP contribution in [0, 0.1) is 0 Å². The van der Waals surface area contributed by atoms with Gasteiger partial charge in [-0.25, -0.2) is 0 Å². The van der Waals surface area contributed by atoms with Crippen molar-refractivity contribution in [3.63, 3.8) is 0 Å². The molecule has 0 unspecified atom stereocenters. The zero-order valence-electron chi connectivity index (χ0n) is 8.33.